The smallest absolute Gasteiger partial charge is 0.168 e. The molecule has 0 spiro atoms. The molecule has 1 heterocycles. The van der Waals surface area contributed by atoms with Gasteiger partial charge in [0, 0.05) is 10.0 Å². The predicted molar refractivity (Wildman–Crippen MR) is 86.8 cm³/mol. The summed E-state index contributed by atoms with van der Waals surface area (Å²) < 4.78 is 2.90. The molecule has 0 unspecified atom stereocenters. The van der Waals surface area contributed by atoms with Gasteiger partial charge in [0.2, 0.25) is 0 Å². The van der Waals surface area contributed by atoms with Crippen molar-refractivity contribution < 1.29 is 0 Å². The molecule has 0 bridgehead atoms. The van der Waals surface area contributed by atoms with Gasteiger partial charge in [-0.3, -0.25) is 0 Å². The highest BCUT2D eigenvalue weighted by Gasteiger charge is 2.25. The third kappa shape index (κ3) is 2.52. The first-order chi connectivity index (χ1) is 10.2. The van der Waals surface area contributed by atoms with Crippen LogP contribution in [0.25, 0.3) is 11.3 Å². The molecule has 0 radical (unpaired) electrons. The number of nitrogens with zero attached hydrogens (tertiary/aromatic N) is 4. The van der Waals surface area contributed by atoms with Gasteiger partial charge in [-0.15, -0.1) is 0 Å². The van der Waals surface area contributed by atoms with Crippen molar-refractivity contribution in [1.82, 2.24) is 9.78 Å². The molecule has 1 fully saturated rings. The largest absolute Gasteiger partial charge is 0.244 e. The molecule has 1 aliphatic carbocycles. The highest BCUT2D eigenvalue weighted by atomic mass is 79.9. The summed E-state index contributed by atoms with van der Waals surface area (Å²) in [6.45, 7) is 3.62. The van der Waals surface area contributed by atoms with Gasteiger partial charge in [-0.2, -0.15) is 10.4 Å². The minimum Gasteiger partial charge on any atom is -0.244 e. The zero-order valence-corrected chi connectivity index (χ0v) is 13.2. The van der Waals surface area contributed by atoms with Crippen LogP contribution in [0.15, 0.2) is 33.7 Å². The van der Waals surface area contributed by atoms with E-state index in [1.54, 1.807) is 0 Å². The number of hydrogen-bond donors (Lipinski definition) is 0. The molecule has 0 N–H and O–H groups in total. The Hall–Kier alpha value is -1.93. The maximum Gasteiger partial charge on any atom is 0.168 e. The molecule has 0 atom stereocenters. The molecule has 106 valence electrons. The lowest BCUT2D eigenvalue weighted by molar-refractivity contribution is 0.472. The maximum atomic E-state index is 9.50. The predicted octanol–water partition coefficient (Wildman–Crippen LogP) is 4.63. The third-order valence-corrected chi connectivity index (χ3v) is 4.46. The number of nitriles is 1. The minimum atomic E-state index is 0.335. The van der Waals surface area contributed by atoms with Crippen LogP contribution in [0.4, 0.5) is 5.82 Å². The van der Waals surface area contributed by atoms with Crippen LogP contribution in [0.2, 0.25) is 0 Å². The summed E-state index contributed by atoms with van der Waals surface area (Å²) in [7, 11) is 0. The molecule has 2 aromatic rings. The fraction of sp³-hybridized carbons (Fsp3) is 0.312. The van der Waals surface area contributed by atoms with E-state index in [9.17, 15) is 5.26 Å². The molecule has 1 aromatic heterocycles. The molecule has 0 amide bonds. The average Bonchev–Trinajstić information content (AvgIpc) is 3.14. The summed E-state index contributed by atoms with van der Waals surface area (Å²) in [4.78, 5) is 4.07. The van der Waals surface area contributed by atoms with Crippen LogP contribution < -0.4 is 0 Å². The van der Waals surface area contributed by atoms with Gasteiger partial charge in [-0.1, -0.05) is 40.9 Å². The number of hydrogen-bond acceptors (Lipinski definition) is 3. The molecule has 0 aliphatic heterocycles. The van der Waals surface area contributed by atoms with Crippen molar-refractivity contribution in [2.24, 2.45) is 4.99 Å². The molecule has 3 rings (SSSR count). The van der Waals surface area contributed by atoms with Crippen molar-refractivity contribution in [3.63, 3.8) is 0 Å². The molecule has 1 aliphatic rings. The van der Waals surface area contributed by atoms with Crippen molar-refractivity contribution in [2.45, 2.75) is 31.7 Å². The fourth-order valence-electron chi connectivity index (χ4n) is 2.89. The quantitative estimate of drug-likeness (QED) is 0.763. The molecule has 5 heteroatoms. The van der Waals surface area contributed by atoms with Crippen LogP contribution in [0.3, 0.4) is 0 Å². The fourth-order valence-corrected chi connectivity index (χ4v) is 3.16. The highest BCUT2D eigenvalue weighted by Crippen LogP contribution is 2.37. The maximum absolute atomic E-state index is 9.50. The number of halogens is 1. The van der Waals surface area contributed by atoms with E-state index >= 15 is 0 Å². The van der Waals surface area contributed by atoms with E-state index in [-0.39, 0.29) is 0 Å². The molecular formula is C16H15BrN4. The van der Waals surface area contributed by atoms with Gasteiger partial charge in [0.15, 0.2) is 5.82 Å². The van der Waals surface area contributed by atoms with Crippen LogP contribution in [0.5, 0.6) is 0 Å². The SMILES string of the molecule is C=Nc1c(C#N)c(-c2ccc(Br)cc2)nn1C1CCCC1. The number of aliphatic imine (C=N–C) groups is 1. The van der Waals surface area contributed by atoms with E-state index in [4.69, 9.17) is 0 Å². The summed E-state index contributed by atoms with van der Waals surface area (Å²) in [5.41, 5.74) is 2.13. The van der Waals surface area contributed by atoms with Gasteiger partial charge < -0.3 is 0 Å². The Morgan fingerprint density at radius 2 is 1.95 bits per heavy atom. The van der Waals surface area contributed by atoms with Crippen molar-refractivity contribution in [2.75, 3.05) is 0 Å². The standard InChI is InChI=1S/C16H15BrN4/c1-19-16-14(10-18)15(11-6-8-12(17)9-7-11)20-21(16)13-4-2-3-5-13/h6-9,13H,1-5H2. The lowest BCUT2D eigenvalue weighted by Gasteiger charge is -2.11. The van der Waals surface area contributed by atoms with Crippen molar-refractivity contribution in [3.8, 4) is 17.3 Å². The number of aromatic nitrogens is 2. The monoisotopic (exact) mass is 342 g/mol. The summed E-state index contributed by atoms with van der Waals surface area (Å²) in [5.74, 6) is 0.599. The van der Waals surface area contributed by atoms with E-state index in [0.29, 0.717) is 23.1 Å². The number of rotatable bonds is 3. The van der Waals surface area contributed by atoms with Crippen LogP contribution in [0, 0.1) is 11.3 Å². The van der Waals surface area contributed by atoms with Crippen LogP contribution in [-0.2, 0) is 0 Å². The first kappa shape index (κ1) is 14.0. The summed E-state index contributed by atoms with van der Waals surface area (Å²) in [6, 6.07) is 10.4. The summed E-state index contributed by atoms with van der Waals surface area (Å²) >= 11 is 3.42. The van der Waals surface area contributed by atoms with Gasteiger partial charge in [-0.25, -0.2) is 9.67 Å². The van der Waals surface area contributed by atoms with Crippen molar-refractivity contribution in [3.05, 3.63) is 34.3 Å². The van der Waals surface area contributed by atoms with Gasteiger partial charge in [-0.05, 0) is 31.7 Å². The van der Waals surface area contributed by atoms with E-state index in [1.165, 1.54) is 12.8 Å². The molecule has 21 heavy (non-hydrogen) atoms. The average molecular weight is 343 g/mol. The van der Waals surface area contributed by atoms with E-state index < -0.39 is 0 Å². The van der Waals surface area contributed by atoms with Gasteiger partial charge in [0.1, 0.15) is 17.3 Å². The zero-order chi connectivity index (χ0) is 14.8. The zero-order valence-electron chi connectivity index (χ0n) is 11.6. The Balaban J connectivity index is 2.14. The second-order valence-electron chi connectivity index (χ2n) is 5.21. The highest BCUT2D eigenvalue weighted by molar-refractivity contribution is 9.10. The first-order valence-corrected chi connectivity index (χ1v) is 7.79. The molecule has 4 nitrogen and oxygen atoms in total. The van der Waals surface area contributed by atoms with E-state index in [0.717, 1.165) is 22.9 Å². The topological polar surface area (TPSA) is 54.0 Å². The van der Waals surface area contributed by atoms with Crippen molar-refractivity contribution in [1.29, 1.82) is 5.26 Å². The molecule has 0 saturated heterocycles. The van der Waals surface area contributed by atoms with Crippen molar-refractivity contribution >= 4 is 28.5 Å². The normalized spacial score (nSPS) is 15.0. The second kappa shape index (κ2) is 5.82. The Bertz CT molecular complexity index is 703. The second-order valence-corrected chi connectivity index (χ2v) is 6.12. The van der Waals surface area contributed by atoms with Crippen LogP contribution >= 0.6 is 15.9 Å². The Morgan fingerprint density at radius 1 is 1.29 bits per heavy atom. The van der Waals surface area contributed by atoms with Crippen LogP contribution in [0.1, 0.15) is 37.3 Å². The Morgan fingerprint density at radius 3 is 2.52 bits per heavy atom. The van der Waals surface area contributed by atoms with Crippen LogP contribution in [-0.4, -0.2) is 16.5 Å². The molecular weight excluding hydrogens is 328 g/mol. The van der Waals surface area contributed by atoms with E-state index in [1.807, 2.05) is 28.9 Å². The van der Waals surface area contributed by atoms with Gasteiger partial charge >= 0.3 is 0 Å². The third-order valence-electron chi connectivity index (χ3n) is 3.93. The first-order valence-electron chi connectivity index (χ1n) is 7.00. The molecule has 1 aromatic carbocycles. The Kier molecular flexibility index (Phi) is 3.89. The number of benzene rings is 1. The lowest BCUT2D eigenvalue weighted by Crippen LogP contribution is -2.06. The summed E-state index contributed by atoms with van der Waals surface area (Å²) in [6.07, 6.45) is 4.59. The summed E-state index contributed by atoms with van der Waals surface area (Å²) in [5, 5.41) is 14.2. The van der Waals surface area contributed by atoms with Gasteiger partial charge in [0.05, 0.1) is 6.04 Å². The lowest BCUT2D eigenvalue weighted by atomic mass is 10.1. The minimum absolute atomic E-state index is 0.335. The van der Waals surface area contributed by atoms with E-state index in [2.05, 4.69) is 38.8 Å². The Labute approximate surface area is 132 Å². The van der Waals surface area contributed by atoms with Gasteiger partial charge in [0.25, 0.3) is 0 Å². The molecule has 1 saturated carbocycles.